The second-order valence-electron chi connectivity index (χ2n) is 7.84. The summed E-state index contributed by atoms with van der Waals surface area (Å²) in [5.41, 5.74) is 3.12. The minimum Gasteiger partial charge on any atom is -0.478 e. The number of Topliss-reactive ketones (excluding diaryl/α,β-unsaturated/α-hetero) is 1. The van der Waals surface area contributed by atoms with Crippen molar-refractivity contribution in [1.29, 1.82) is 0 Å². The third-order valence-corrected chi connectivity index (χ3v) is 5.22. The number of carbonyl (C=O) groups is 5. The number of rotatable bonds is 8. The molecule has 0 radical (unpaired) electrons. The van der Waals surface area contributed by atoms with Crippen LogP contribution in [-0.2, 0) is 9.59 Å². The Kier molecular flexibility index (Phi) is 7.75. The van der Waals surface area contributed by atoms with Crippen molar-refractivity contribution in [2.75, 3.05) is 10.6 Å². The minimum atomic E-state index is -1.25. The number of nitrogens with one attached hydrogen (secondary N) is 2. The van der Waals surface area contributed by atoms with Gasteiger partial charge in [-0.1, -0.05) is 24.3 Å². The van der Waals surface area contributed by atoms with Crippen LogP contribution in [0, 0.1) is 6.92 Å². The highest BCUT2D eigenvalue weighted by Crippen LogP contribution is 2.31. The van der Waals surface area contributed by atoms with Crippen LogP contribution in [0.3, 0.4) is 0 Å². The van der Waals surface area contributed by atoms with Crippen LogP contribution in [0.2, 0.25) is 0 Å². The van der Waals surface area contributed by atoms with E-state index in [9.17, 15) is 29.1 Å². The molecule has 0 aromatic heterocycles. The molecule has 0 aliphatic carbocycles. The predicted octanol–water partition coefficient (Wildman–Crippen LogP) is 4.39. The zero-order valence-electron chi connectivity index (χ0n) is 19.4. The van der Waals surface area contributed by atoms with Crippen molar-refractivity contribution < 1.29 is 34.2 Å². The van der Waals surface area contributed by atoms with Crippen LogP contribution in [0.4, 0.5) is 11.4 Å². The quantitative estimate of drug-likeness (QED) is 0.272. The van der Waals surface area contributed by atoms with Gasteiger partial charge in [-0.15, -0.1) is 0 Å². The Morgan fingerprint density at radius 2 is 1.31 bits per heavy atom. The Bertz CT molecular complexity index is 1410. The molecule has 0 bridgehead atoms. The van der Waals surface area contributed by atoms with Crippen molar-refractivity contribution in [2.24, 2.45) is 0 Å². The van der Waals surface area contributed by atoms with Crippen molar-refractivity contribution in [3.8, 4) is 11.1 Å². The van der Waals surface area contributed by atoms with Crippen LogP contribution in [0.25, 0.3) is 11.1 Å². The number of aromatic carboxylic acids is 1. The molecule has 0 atom stereocenters. The maximum Gasteiger partial charge on any atom is 0.336 e. The van der Waals surface area contributed by atoms with Crippen molar-refractivity contribution in [1.82, 2.24) is 0 Å². The highest BCUT2D eigenvalue weighted by atomic mass is 16.4. The molecular formula is C27H22N2O7. The third-order valence-electron chi connectivity index (χ3n) is 5.22. The lowest BCUT2D eigenvalue weighted by Crippen LogP contribution is -2.13. The van der Waals surface area contributed by atoms with E-state index < -0.39 is 23.8 Å². The number of ketones is 1. The fourth-order valence-electron chi connectivity index (χ4n) is 3.47. The highest BCUT2D eigenvalue weighted by molar-refractivity contribution is 6.06. The van der Waals surface area contributed by atoms with Crippen LogP contribution in [-0.4, -0.2) is 39.7 Å². The molecule has 3 rings (SSSR count). The van der Waals surface area contributed by atoms with Gasteiger partial charge in [0.05, 0.1) is 5.56 Å². The maximum absolute atomic E-state index is 12.6. The normalized spacial score (nSPS) is 10.6. The average molecular weight is 486 g/mol. The number of carbonyl (C=O) groups excluding carboxylic acids is 3. The molecule has 0 heterocycles. The first-order valence-corrected chi connectivity index (χ1v) is 10.7. The molecule has 0 spiro atoms. The monoisotopic (exact) mass is 486 g/mol. The molecule has 3 aromatic rings. The lowest BCUT2D eigenvalue weighted by molar-refractivity contribution is -0.131. The first-order chi connectivity index (χ1) is 17.0. The number of hydrogen-bond acceptors (Lipinski definition) is 5. The Labute approximate surface area is 206 Å². The van der Waals surface area contributed by atoms with Gasteiger partial charge in [0.25, 0.3) is 5.91 Å². The summed E-state index contributed by atoms with van der Waals surface area (Å²) in [6, 6.07) is 15.5. The smallest absolute Gasteiger partial charge is 0.336 e. The molecule has 36 heavy (non-hydrogen) atoms. The van der Waals surface area contributed by atoms with E-state index in [1.165, 1.54) is 25.1 Å². The lowest BCUT2D eigenvalue weighted by atomic mass is 9.95. The molecule has 3 aromatic carbocycles. The average Bonchev–Trinajstić information content (AvgIpc) is 2.83. The molecule has 0 saturated carbocycles. The fourth-order valence-corrected chi connectivity index (χ4v) is 3.47. The number of anilines is 2. The third kappa shape index (κ3) is 6.29. The summed E-state index contributed by atoms with van der Waals surface area (Å²) in [7, 11) is 0. The van der Waals surface area contributed by atoms with E-state index in [4.69, 9.17) is 5.11 Å². The summed E-state index contributed by atoms with van der Waals surface area (Å²) in [5, 5.41) is 23.6. The zero-order valence-corrected chi connectivity index (χ0v) is 19.4. The number of benzene rings is 3. The molecule has 2 amide bonds. The molecule has 0 saturated heterocycles. The fraction of sp³-hybridized carbons (Fsp3) is 0.0741. The van der Waals surface area contributed by atoms with Gasteiger partial charge in [-0.05, 0) is 66.9 Å². The minimum absolute atomic E-state index is 0.0380. The van der Waals surface area contributed by atoms with Gasteiger partial charge in [-0.25, -0.2) is 9.59 Å². The molecular weight excluding hydrogens is 464 g/mol. The van der Waals surface area contributed by atoms with Crippen LogP contribution >= 0.6 is 0 Å². The van der Waals surface area contributed by atoms with E-state index in [2.05, 4.69) is 10.6 Å². The summed E-state index contributed by atoms with van der Waals surface area (Å²) in [6.45, 7) is 3.17. The van der Waals surface area contributed by atoms with E-state index in [0.717, 1.165) is 12.2 Å². The van der Waals surface area contributed by atoms with Crippen molar-refractivity contribution in [3.05, 3.63) is 95.1 Å². The van der Waals surface area contributed by atoms with Gasteiger partial charge in [-0.3, -0.25) is 14.4 Å². The first-order valence-electron chi connectivity index (χ1n) is 10.7. The number of hydrogen-bond donors (Lipinski definition) is 4. The van der Waals surface area contributed by atoms with E-state index >= 15 is 0 Å². The second-order valence-corrected chi connectivity index (χ2v) is 7.84. The van der Waals surface area contributed by atoms with E-state index in [0.29, 0.717) is 33.5 Å². The summed E-state index contributed by atoms with van der Waals surface area (Å²) >= 11 is 0. The van der Waals surface area contributed by atoms with Gasteiger partial charge >= 0.3 is 11.9 Å². The summed E-state index contributed by atoms with van der Waals surface area (Å²) in [4.78, 5) is 58.3. The molecule has 4 N–H and O–H groups in total. The van der Waals surface area contributed by atoms with Gasteiger partial charge in [-0.2, -0.15) is 0 Å². The molecule has 182 valence electrons. The van der Waals surface area contributed by atoms with E-state index in [1.807, 2.05) is 0 Å². The first kappa shape index (κ1) is 25.6. The van der Waals surface area contributed by atoms with Crippen molar-refractivity contribution >= 4 is 40.9 Å². The molecule has 9 heteroatoms. The van der Waals surface area contributed by atoms with E-state index in [1.54, 1.807) is 49.4 Å². The number of carboxylic acids is 2. The van der Waals surface area contributed by atoms with Gasteiger partial charge in [0.15, 0.2) is 5.78 Å². The number of carboxylic acid groups (broad SMARTS) is 2. The van der Waals surface area contributed by atoms with Crippen LogP contribution in [0.5, 0.6) is 0 Å². The molecule has 0 unspecified atom stereocenters. The molecule has 9 nitrogen and oxygen atoms in total. The summed E-state index contributed by atoms with van der Waals surface area (Å²) < 4.78 is 0. The number of aryl methyl sites for hydroxylation is 1. The second kappa shape index (κ2) is 10.9. The highest BCUT2D eigenvalue weighted by Gasteiger charge is 2.16. The Hall–Kier alpha value is -5.05. The van der Waals surface area contributed by atoms with Crippen molar-refractivity contribution in [3.63, 3.8) is 0 Å². The predicted molar refractivity (Wildman–Crippen MR) is 133 cm³/mol. The molecule has 0 aliphatic rings. The lowest BCUT2D eigenvalue weighted by Gasteiger charge is -2.14. The SMILES string of the molecule is CC(=O)c1ccc(C(=O)Nc2ccc(-c3ccc(NC(=O)/C=C/C(=O)O)cc3C)c(C(=O)O)c2)cc1. The van der Waals surface area contributed by atoms with E-state index in [-0.39, 0.29) is 17.0 Å². The number of aliphatic carboxylic acids is 1. The topological polar surface area (TPSA) is 150 Å². The Morgan fingerprint density at radius 1 is 0.722 bits per heavy atom. The summed E-state index contributed by atoms with van der Waals surface area (Å²) in [5.74, 6) is -3.63. The van der Waals surface area contributed by atoms with Gasteiger partial charge in [0.1, 0.15) is 0 Å². The van der Waals surface area contributed by atoms with Gasteiger partial charge in [0.2, 0.25) is 5.91 Å². The zero-order chi connectivity index (χ0) is 26.4. The van der Waals surface area contributed by atoms with Gasteiger partial charge < -0.3 is 20.8 Å². The largest absolute Gasteiger partial charge is 0.478 e. The van der Waals surface area contributed by atoms with Crippen molar-refractivity contribution in [2.45, 2.75) is 13.8 Å². The Balaban J connectivity index is 1.84. The van der Waals surface area contributed by atoms with Gasteiger partial charge in [0, 0.05) is 34.7 Å². The molecule has 0 aliphatic heterocycles. The Morgan fingerprint density at radius 3 is 1.86 bits per heavy atom. The number of amides is 2. The maximum atomic E-state index is 12.6. The van der Waals surface area contributed by atoms with Crippen LogP contribution in [0.1, 0.15) is 43.6 Å². The standard InChI is InChI=1S/C27H22N2O7/c1-15-13-19(28-24(31)11-12-25(32)33)7-9-21(15)22-10-8-20(14-23(22)27(35)36)29-26(34)18-5-3-17(4-6-18)16(2)30/h3-14H,1-2H3,(H,28,31)(H,29,34)(H,32,33)(H,35,36)/b12-11+. The summed E-state index contributed by atoms with van der Waals surface area (Å²) in [6.07, 6.45) is 1.61. The van der Waals surface area contributed by atoms with Crippen LogP contribution in [0.15, 0.2) is 72.8 Å². The molecule has 0 fully saturated rings. The van der Waals surface area contributed by atoms with Crippen LogP contribution < -0.4 is 10.6 Å².